The minimum absolute atomic E-state index is 0.00407. The van der Waals surface area contributed by atoms with Gasteiger partial charge in [-0.05, 0) is 68.5 Å². The molecule has 3 aromatic rings. The molecule has 2 saturated carbocycles. The lowest BCUT2D eigenvalue weighted by atomic mass is 9.78. The van der Waals surface area contributed by atoms with Crippen LogP contribution in [0.4, 0.5) is 26.2 Å². The zero-order chi connectivity index (χ0) is 27.7. The normalized spacial score (nSPS) is 21.8. The molecule has 40 heavy (non-hydrogen) atoms. The Labute approximate surface area is 230 Å². The van der Waals surface area contributed by atoms with Crippen molar-refractivity contribution in [2.75, 3.05) is 28.6 Å². The standard InChI is InChI=1S/C28H30F2N8O2/c29-28(30)15-38(16-28)25-6-2-5-20(31-25)14-26(39)32-23-11-9-21(34-36-23)18-3-1-4-19(13-18)22-10-12-24(37-35-22)33-27(40)17-7-8-17/h2,5-6,9-12,17-19H,1,3-4,7-8,13-16H2,(H,32,36,39)(H,33,37,40)/t18-,19-/m0/s1. The van der Waals surface area contributed by atoms with Gasteiger partial charge in [0.05, 0.1) is 36.6 Å². The van der Waals surface area contributed by atoms with Crippen LogP contribution in [-0.4, -0.2) is 56.2 Å². The number of carbonyl (C=O) groups is 2. The molecule has 2 atom stereocenters. The van der Waals surface area contributed by atoms with E-state index in [9.17, 15) is 18.4 Å². The van der Waals surface area contributed by atoms with E-state index in [0.29, 0.717) is 23.1 Å². The third-order valence-electron chi connectivity index (χ3n) is 7.65. The van der Waals surface area contributed by atoms with Gasteiger partial charge in [0.2, 0.25) is 11.8 Å². The number of nitrogens with one attached hydrogen (secondary N) is 2. The molecule has 0 aromatic carbocycles. The molecule has 12 heteroatoms. The molecule has 6 rings (SSSR count). The molecule has 208 valence electrons. The van der Waals surface area contributed by atoms with Crippen molar-refractivity contribution in [3.05, 3.63) is 59.5 Å². The van der Waals surface area contributed by atoms with Gasteiger partial charge in [-0.25, -0.2) is 13.8 Å². The lowest BCUT2D eigenvalue weighted by Gasteiger charge is -2.39. The summed E-state index contributed by atoms with van der Waals surface area (Å²) in [5, 5.41) is 22.8. The fraction of sp³-hybridized carbons (Fsp3) is 0.464. The number of alkyl halides is 2. The molecule has 10 nitrogen and oxygen atoms in total. The van der Waals surface area contributed by atoms with Gasteiger partial charge < -0.3 is 15.5 Å². The number of nitrogens with zero attached hydrogens (tertiary/aromatic N) is 6. The highest BCUT2D eigenvalue weighted by molar-refractivity contribution is 5.93. The summed E-state index contributed by atoms with van der Waals surface area (Å²) < 4.78 is 26.4. The Hall–Kier alpha value is -4.09. The molecule has 2 N–H and O–H groups in total. The molecule has 2 amide bonds. The zero-order valence-electron chi connectivity index (χ0n) is 21.9. The number of anilines is 3. The average Bonchev–Trinajstić information content (AvgIpc) is 3.79. The summed E-state index contributed by atoms with van der Waals surface area (Å²) in [6.07, 6.45) is 5.77. The molecule has 4 heterocycles. The summed E-state index contributed by atoms with van der Waals surface area (Å²) in [5.74, 6) is -1.14. The van der Waals surface area contributed by atoms with Crippen LogP contribution in [0.25, 0.3) is 0 Å². The van der Waals surface area contributed by atoms with E-state index in [4.69, 9.17) is 0 Å². The van der Waals surface area contributed by atoms with Crippen molar-refractivity contribution in [1.29, 1.82) is 0 Å². The van der Waals surface area contributed by atoms with Crippen molar-refractivity contribution in [1.82, 2.24) is 25.4 Å². The second-order valence-corrected chi connectivity index (χ2v) is 10.9. The lowest BCUT2D eigenvalue weighted by molar-refractivity contribution is -0.117. The molecule has 0 spiro atoms. The number of amides is 2. The summed E-state index contributed by atoms with van der Waals surface area (Å²) in [7, 11) is 0. The van der Waals surface area contributed by atoms with Crippen molar-refractivity contribution in [2.45, 2.75) is 62.7 Å². The first-order chi connectivity index (χ1) is 19.3. The van der Waals surface area contributed by atoms with E-state index < -0.39 is 5.92 Å². The maximum atomic E-state index is 13.2. The first-order valence-corrected chi connectivity index (χ1v) is 13.7. The van der Waals surface area contributed by atoms with Gasteiger partial charge >= 0.3 is 0 Å². The molecule has 1 aliphatic heterocycles. The highest BCUT2D eigenvalue weighted by Gasteiger charge is 2.44. The largest absolute Gasteiger partial charge is 0.344 e. The molecule has 1 saturated heterocycles. The summed E-state index contributed by atoms with van der Waals surface area (Å²) in [6, 6.07) is 12.5. The number of hydrogen-bond acceptors (Lipinski definition) is 8. The first-order valence-electron chi connectivity index (χ1n) is 13.7. The molecule has 0 radical (unpaired) electrons. The Morgan fingerprint density at radius 1 is 0.850 bits per heavy atom. The summed E-state index contributed by atoms with van der Waals surface area (Å²) in [4.78, 5) is 30.3. The Bertz CT molecular complexity index is 1370. The third-order valence-corrected chi connectivity index (χ3v) is 7.65. The highest BCUT2D eigenvalue weighted by atomic mass is 19.3. The topological polar surface area (TPSA) is 126 Å². The van der Waals surface area contributed by atoms with Crippen LogP contribution < -0.4 is 15.5 Å². The Morgan fingerprint density at radius 2 is 1.50 bits per heavy atom. The van der Waals surface area contributed by atoms with Crippen LogP contribution in [0, 0.1) is 5.92 Å². The molecule has 2 aliphatic carbocycles. The number of halogens is 2. The van der Waals surface area contributed by atoms with Gasteiger partial charge in [-0.2, -0.15) is 10.2 Å². The van der Waals surface area contributed by atoms with E-state index in [-0.39, 0.29) is 49.1 Å². The minimum Gasteiger partial charge on any atom is -0.344 e. The molecule has 3 aliphatic rings. The maximum Gasteiger partial charge on any atom is 0.282 e. The van der Waals surface area contributed by atoms with Gasteiger partial charge in [-0.3, -0.25) is 9.59 Å². The van der Waals surface area contributed by atoms with Crippen molar-refractivity contribution in [2.24, 2.45) is 5.92 Å². The zero-order valence-corrected chi connectivity index (χ0v) is 21.9. The summed E-state index contributed by atoms with van der Waals surface area (Å²) >= 11 is 0. The van der Waals surface area contributed by atoms with Gasteiger partial charge in [0.25, 0.3) is 5.92 Å². The number of carbonyl (C=O) groups excluding carboxylic acids is 2. The van der Waals surface area contributed by atoms with Crippen molar-refractivity contribution in [3.8, 4) is 0 Å². The van der Waals surface area contributed by atoms with Crippen LogP contribution in [-0.2, 0) is 16.0 Å². The van der Waals surface area contributed by atoms with Crippen molar-refractivity contribution >= 4 is 29.3 Å². The van der Waals surface area contributed by atoms with E-state index in [1.807, 2.05) is 18.2 Å². The Kier molecular flexibility index (Phi) is 7.07. The maximum absolute atomic E-state index is 13.2. The molecule has 0 unspecified atom stereocenters. The van der Waals surface area contributed by atoms with Crippen molar-refractivity contribution in [3.63, 3.8) is 0 Å². The summed E-state index contributed by atoms with van der Waals surface area (Å²) in [6.45, 7) is -0.724. The SMILES string of the molecule is O=C(Cc1cccc(N2CC(F)(F)C2)n1)Nc1ccc([C@H]2CCC[C@H](c3ccc(NC(=O)C4CC4)nn3)C2)nn1. The second kappa shape index (κ2) is 10.8. The van der Waals surface area contributed by atoms with Gasteiger partial charge in [0.15, 0.2) is 11.6 Å². The Balaban J connectivity index is 1.02. The van der Waals surface area contributed by atoms with E-state index in [0.717, 1.165) is 49.9 Å². The minimum atomic E-state index is -2.69. The summed E-state index contributed by atoms with van der Waals surface area (Å²) in [5.41, 5.74) is 2.26. The number of aromatic nitrogens is 5. The average molecular weight is 549 g/mol. The van der Waals surface area contributed by atoms with E-state index in [1.165, 1.54) is 4.90 Å². The number of rotatable bonds is 8. The van der Waals surface area contributed by atoms with E-state index >= 15 is 0 Å². The van der Waals surface area contributed by atoms with Crippen LogP contribution in [0.15, 0.2) is 42.5 Å². The molecular weight excluding hydrogens is 518 g/mol. The Morgan fingerprint density at radius 3 is 2.08 bits per heavy atom. The molecule has 3 fully saturated rings. The molecule has 3 aromatic heterocycles. The van der Waals surface area contributed by atoms with Gasteiger partial charge in [-0.15, -0.1) is 10.2 Å². The molecule has 0 bridgehead atoms. The van der Waals surface area contributed by atoms with Gasteiger partial charge in [0, 0.05) is 17.8 Å². The lowest BCUT2D eigenvalue weighted by Crippen LogP contribution is -2.56. The van der Waals surface area contributed by atoms with Gasteiger partial charge in [0.1, 0.15) is 5.82 Å². The third kappa shape index (κ3) is 6.21. The van der Waals surface area contributed by atoms with Crippen molar-refractivity contribution < 1.29 is 18.4 Å². The van der Waals surface area contributed by atoms with E-state index in [1.54, 1.807) is 24.3 Å². The predicted molar refractivity (Wildman–Crippen MR) is 143 cm³/mol. The fourth-order valence-electron chi connectivity index (χ4n) is 5.32. The molecular formula is C28H30F2N8O2. The second-order valence-electron chi connectivity index (χ2n) is 10.9. The first kappa shape index (κ1) is 26.1. The number of pyridine rings is 1. The van der Waals surface area contributed by atoms with Gasteiger partial charge in [-0.1, -0.05) is 12.5 Å². The number of hydrogen-bond donors (Lipinski definition) is 2. The fourth-order valence-corrected chi connectivity index (χ4v) is 5.32. The van der Waals surface area contributed by atoms with Crippen LogP contribution in [0.3, 0.4) is 0 Å². The predicted octanol–water partition coefficient (Wildman–Crippen LogP) is 4.09. The highest BCUT2D eigenvalue weighted by Crippen LogP contribution is 2.40. The smallest absolute Gasteiger partial charge is 0.282 e. The monoisotopic (exact) mass is 548 g/mol. The van der Waals surface area contributed by atoms with E-state index in [2.05, 4.69) is 36.0 Å². The van der Waals surface area contributed by atoms with Crippen LogP contribution in [0.5, 0.6) is 0 Å². The van der Waals surface area contributed by atoms with Crippen LogP contribution >= 0.6 is 0 Å². The van der Waals surface area contributed by atoms with Crippen LogP contribution in [0.1, 0.15) is 67.4 Å². The van der Waals surface area contributed by atoms with Crippen LogP contribution in [0.2, 0.25) is 0 Å². The quantitative estimate of drug-likeness (QED) is 0.431.